The van der Waals surface area contributed by atoms with Crippen molar-refractivity contribution in [2.45, 2.75) is 25.3 Å². The minimum atomic E-state index is -3.63. The van der Waals surface area contributed by atoms with Crippen molar-refractivity contribution in [3.8, 4) is 0 Å². The van der Waals surface area contributed by atoms with Gasteiger partial charge in [0, 0.05) is 22.7 Å². The maximum atomic E-state index is 12.5. The predicted octanol–water partition coefficient (Wildman–Crippen LogP) is 2.79. The van der Waals surface area contributed by atoms with Crippen LogP contribution in [0.25, 0.3) is 10.9 Å². The number of nitrogens with zero attached hydrogens (tertiary/aromatic N) is 2. The van der Waals surface area contributed by atoms with E-state index in [1.165, 1.54) is 11.3 Å². The van der Waals surface area contributed by atoms with Gasteiger partial charge >= 0.3 is 0 Å². The molecule has 3 rings (SSSR count). The lowest BCUT2D eigenvalue weighted by Crippen LogP contribution is -2.23. The number of benzene rings is 1. The van der Waals surface area contributed by atoms with E-state index in [9.17, 15) is 8.42 Å². The number of hydrogen-bond donors (Lipinski definition) is 1. The van der Waals surface area contributed by atoms with E-state index in [4.69, 9.17) is 0 Å². The third-order valence-corrected chi connectivity index (χ3v) is 5.58. The van der Waals surface area contributed by atoms with Crippen molar-refractivity contribution >= 4 is 32.3 Å². The number of rotatable bonds is 4. The van der Waals surface area contributed by atoms with Gasteiger partial charge < -0.3 is 0 Å². The van der Waals surface area contributed by atoms with Crippen LogP contribution >= 0.6 is 11.3 Å². The van der Waals surface area contributed by atoms with E-state index in [-0.39, 0.29) is 11.4 Å². The molecule has 7 heteroatoms. The average molecular weight is 333 g/mol. The lowest BCUT2D eigenvalue weighted by Gasteiger charge is -2.08. The van der Waals surface area contributed by atoms with Crippen LogP contribution in [0, 0.1) is 13.8 Å². The Labute approximate surface area is 133 Å². The number of thiazole rings is 1. The first kappa shape index (κ1) is 15.1. The molecule has 1 N–H and O–H groups in total. The molecule has 5 nitrogen and oxygen atoms in total. The largest absolute Gasteiger partial charge is 0.255 e. The van der Waals surface area contributed by atoms with Crippen LogP contribution in [0.2, 0.25) is 0 Å². The lowest BCUT2D eigenvalue weighted by atomic mass is 10.2. The first-order valence-electron chi connectivity index (χ1n) is 6.72. The number of nitrogens with one attached hydrogen (secondary N) is 1. The first-order valence-corrected chi connectivity index (χ1v) is 9.08. The number of pyridine rings is 1. The maximum Gasteiger partial charge on any atom is 0.243 e. The van der Waals surface area contributed by atoms with E-state index in [2.05, 4.69) is 14.7 Å². The van der Waals surface area contributed by atoms with E-state index in [0.29, 0.717) is 5.52 Å². The van der Waals surface area contributed by atoms with Crippen LogP contribution in [0.1, 0.15) is 16.3 Å². The highest BCUT2D eigenvalue weighted by atomic mass is 32.2. The van der Waals surface area contributed by atoms with Crippen LogP contribution in [-0.2, 0) is 16.6 Å². The van der Waals surface area contributed by atoms with Gasteiger partial charge in [0.05, 0.1) is 12.1 Å². The molecule has 3 aromatic rings. The van der Waals surface area contributed by atoms with E-state index in [1.54, 1.807) is 18.3 Å². The zero-order valence-electron chi connectivity index (χ0n) is 12.2. The van der Waals surface area contributed by atoms with Gasteiger partial charge in [-0.2, -0.15) is 0 Å². The van der Waals surface area contributed by atoms with Gasteiger partial charge in [-0.3, -0.25) is 4.98 Å². The van der Waals surface area contributed by atoms with E-state index in [1.807, 2.05) is 31.4 Å². The second-order valence-electron chi connectivity index (χ2n) is 5.05. The molecule has 0 saturated carbocycles. The third kappa shape index (κ3) is 3.01. The molecule has 0 radical (unpaired) electrons. The third-order valence-electron chi connectivity index (χ3n) is 3.18. The molecule has 0 aliphatic carbocycles. The summed E-state index contributed by atoms with van der Waals surface area (Å²) in [5.74, 6) is 0. The summed E-state index contributed by atoms with van der Waals surface area (Å²) in [7, 11) is -3.63. The summed E-state index contributed by atoms with van der Waals surface area (Å²) >= 11 is 1.44. The summed E-state index contributed by atoms with van der Waals surface area (Å²) in [4.78, 5) is 8.72. The molecule has 1 aromatic carbocycles. The number of aryl methyl sites for hydroxylation is 2. The lowest BCUT2D eigenvalue weighted by molar-refractivity contribution is 0.582. The molecule has 0 saturated heterocycles. The molecule has 0 aliphatic heterocycles. The average Bonchev–Trinajstić information content (AvgIpc) is 2.90. The monoisotopic (exact) mass is 333 g/mol. The highest BCUT2D eigenvalue weighted by Gasteiger charge is 2.18. The highest BCUT2D eigenvalue weighted by molar-refractivity contribution is 7.89. The second kappa shape index (κ2) is 5.75. The van der Waals surface area contributed by atoms with Crippen molar-refractivity contribution in [1.82, 2.24) is 14.7 Å². The molecular formula is C15H15N3O2S2. The van der Waals surface area contributed by atoms with Crippen molar-refractivity contribution in [2.24, 2.45) is 0 Å². The zero-order chi connectivity index (χ0) is 15.7. The van der Waals surface area contributed by atoms with Gasteiger partial charge in [0.15, 0.2) is 0 Å². The summed E-state index contributed by atoms with van der Waals surface area (Å²) < 4.78 is 27.7. The molecule has 0 atom stereocenters. The van der Waals surface area contributed by atoms with Crippen molar-refractivity contribution in [2.75, 3.05) is 0 Å². The Kier molecular flexibility index (Phi) is 3.94. The molecular weight excluding hydrogens is 318 g/mol. The summed E-state index contributed by atoms with van der Waals surface area (Å²) in [6.07, 6.45) is 1.67. The van der Waals surface area contributed by atoms with Crippen LogP contribution in [0.3, 0.4) is 0 Å². The normalized spacial score (nSPS) is 11.9. The smallest absolute Gasteiger partial charge is 0.243 e. The number of sulfonamides is 1. The van der Waals surface area contributed by atoms with E-state index >= 15 is 0 Å². The van der Waals surface area contributed by atoms with Crippen LogP contribution < -0.4 is 4.72 Å². The molecule has 0 bridgehead atoms. The van der Waals surface area contributed by atoms with Gasteiger partial charge in [-0.1, -0.05) is 12.1 Å². The van der Waals surface area contributed by atoms with Gasteiger partial charge in [-0.05, 0) is 31.5 Å². The molecule has 0 amide bonds. The van der Waals surface area contributed by atoms with Crippen LogP contribution in [0.4, 0.5) is 0 Å². The topological polar surface area (TPSA) is 72.0 Å². The van der Waals surface area contributed by atoms with Crippen molar-refractivity contribution in [3.05, 3.63) is 52.1 Å². The Balaban J connectivity index is 1.95. The maximum absolute atomic E-state index is 12.5. The van der Waals surface area contributed by atoms with Crippen molar-refractivity contribution < 1.29 is 8.42 Å². The van der Waals surface area contributed by atoms with Gasteiger partial charge in [0.25, 0.3) is 0 Å². The van der Waals surface area contributed by atoms with Crippen LogP contribution in [-0.4, -0.2) is 18.4 Å². The molecule has 2 heterocycles. The Morgan fingerprint density at radius 1 is 1.27 bits per heavy atom. The highest BCUT2D eigenvalue weighted by Crippen LogP contribution is 2.22. The van der Waals surface area contributed by atoms with Crippen LogP contribution in [0.15, 0.2) is 40.7 Å². The predicted molar refractivity (Wildman–Crippen MR) is 87.4 cm³/mol. The first-order chi connectivity index (χ1) is 10.5. The summed E-state index contributed by atoms with van der Waals surface area (Å²) in [5, 5.41) is 3.45. The molecule has 0 aliphatic rings. The quantitative estimate of drug-likeness (QED) is 0.797. The van der Waals surface area contributed by atoms with Gasteiger partial charge in [0.2, 0.25) is 10.0 Å². The van der Waals surface area contributed by atoms with Crippen molar-refractivity contribution in [3.63, 3.8) is 0 Å². The minimum absolute atomic E-state index is 0.184. The van der Waals surface area contributed by atoms with Crippen molar-refractivity contribution in [1.29, 1.82) is 0 Å². The number of para-hydroxylation sites is 1. The Morgan fingerprint density at radius 3 is 2.82 bits per heavy atom. The fourth-order valence-corrected chi connectivity index (χ4v) is 4.15. The number of aromatic nitrogens is 2. The summed E-state index contributed by atoms with van der Waals surface area (Å²) in [6, 6.07) is 7.08. The van der Waals surface area contributed by atoms with E-state index < -0.39 is 10.0 Å². The molecule has 0 spiro atoms. The fraction of sp³-hybridized carbons (Fsp3) is 0.200. The number of hydrogen-bond acceptors (Lipinski definition) is 5. The minimum Gasteiger partial charge on any atom is -0.255 e. The summed E-state index contributed by atoms with van der Waals surface area (Å²) in [5.41, 5.74) is 2.37. The Bertz CT molecular complexity index is 933. The SMILES string of the molecule is Cc1cnc2c(S(=O)(=O)NCc3nc(C)cs3)cccc2c1. The fourth-order valence-electron chi connectivity index (χ4n) is 2.18. The standard InChI is InChI=1S/C15H15N3O2S2/c1-10-6-12-4-3-5-13(15(12)16-7-10)22(19,20)17-8-14-18-11(2)9-21-14/h3-7,9,17H,8H2,1-2H3. The second-order valence-corrected chi connectivity index (χ2v) is 7.73. The molecule has 0 fully saturated rings. The number of fused-ring (bicyclic) bond motifs is 1. The molecule has 2 aromatic heterocycles. The molecule has 114 valence electrons. The summed E-state index contributed by atoms with van der Waals surface area (Å²) in [6.45, 7) is 3.99. The van der Waals surface area contributed by atoms with E-state index in [0.717, 1.165) is 21.7 Å². The van der Waals surface area contributed by atoms with Gasteiger partial charge in [0.1, 0.15) is 9.90 Å². The molecule has 0 unspecified atom stereocenters. The van der Waals surface area contributed by atoms with Gasteiger partial charge in [-0.25, -0.2) is 18.1 Å². The Morgan fingerprint density at radius 2 is 2.09 bits per heavy atom. The Hall–Kier alpha value is -1.83. The zero-order valence-corrected chi connectivity index (χ0v) is 13.8. The molecule has 22 heavy (non-hydrogen) atoms. The van der Waals surface area contributed by atoms with Crippen LogP contribution in [0.5, 0.6) is 0 Å². The van der Waals surface area contributed by atoms with Gasteiger partial charge in [-0.15, -0.1) is 11.3 Å².